The van der Waals surface area contributed by atoms with Crippen molar-refractivity contribution in [1.29, 1.82) is 0 Å². The summed E-state index contributed by atoms with van der Waals surface area (Å²) in [5, 5.41) is 11.9. The first-order valence-corrected chi connectivity index (χ1v) is 6.79. The molecule has 0 saturated carbocycles. The first-order valence-electron chi connectivity index (χ1n) is 6.79. The minimum absolute atomic E-state index is 0.0286. The first-order chi connectivity index (χ1) is 9.85. The van der Waals surface area contributed by atoms with Gasteiger partial charge in [0.15, 0.2) is 0 Å². The molecule has 2 N–H and O–H groups in total. The minimum Gasteiger partial charge on any atom is -0.373 e. The third-order valence-electron chi connectivity index (χ3n) is 3.55. The summed E-state index contributed by atoms with van der Waals surface area (Å²) in [5.41, 5.74) is 7.11. The zero-order valence-corrected chi connectivity index (χ0v) is 12.5. The van der Waals surface area contributed by atoms with Gasteiger partial charge >= 0.3 is 0 Å². The third-order valence-corrected chi connectivity index (χ3v) is 3.55. The van der Waals surface area contributed by atoms with E-state index in [4.69, 9.17) is 5.73 Å². The minimum atomic E-state index is -0.400. The Morgan fingerprint density at radius 3 is 2.71 bits per heavy atom. The quantitative estimate of drug-likeness (QED) is 0.675. The highest BCUT2D eigenvalue weighted by Gasteiger charge is 2.21. The lowest BCUT2D eigenvalue weighted by Crippen LogP contribution is -2.36. The van der Waals surface area contributed by atoms with Crippen molar-refractivity contribution >= 4 is 22.3 Å². The molecule has 6 nitrogen and oxygen atoms in total. The Morgan fingerprint density at radius 2 is 2.10 bits per heavy atom. The number of rotatable bonds is 5. The van der Waals surface area contributed by atoms with Gasteiger partial charge in [-0.3, -0.25) is 10.1 Å². The molecule has 0 aliphatic rings. The van der Waals surface area contributed by atoms with Crippen LogP contribution in [-0.4, -0.2) is 30.0 Å². The van der Waals surface area contributed by atoms with Gasteiger partial charge in [0.1, 0.15) is 5.52 Å². The molecule has 1 aromatic heterocycles. The summed E-state index contributed by atoms with van der Waals surface area (Å²) in [6, 6.07) is 6.89. The van der Waals surface area contributed by atoms with Crippen molar-refractivity contribution in [2.24, 2.45) is 11.1 Å². The van der Waals surface area contributed by atoms with Gasteiger partial charge in [-0.2, -0.15) is 0 Å². The van der Waals surface area contributed by atoms with Crippen LogP contribution in [0.25, 0.3) is 10.9 Å². The zero-order chi connectivity index (χ0) is 15.6. The Balaban J connectivity index is 2.50. The average molecular weight is 288 g/mol. The summed E-state index contributed by atoms with van der Waals surface area (Å²) in [4.78, 5) is 16.9. The van der Waals surface area contributed by atoms with Gasteiger partial charge in [0.25, 0.3) is 5.69 Å². The van der Waals surface area contributed by atoms with Gasteiger partial charge in [0.2, 0.25) is 0 Å². The summed E-state index contributed by atoms with van der Waals surface area (Å²) in [5.74, 6) is 0. The predicted octanol–water partition coefficient (Wildman–Crippen LogP) is 2.56. The standard InChI is InChI=1S/C15H20N4O2/c1-15(2,9-16)10-18(3)12-7-8-17-14-11(12)5-4-6-13(14)19(20)21/h4-8H,9-10,16H2,1-3H3. The fourth-order valence-corrected chi connectivity index (χ4v) is 2.42. The van der Waals surface area contributed by atoms with Crippen LogP contribution in [-0.2, 0) is 0 Å². The highest BCUT2D eigenvalue weighted by molar-refractivity contribution is 5.96. The lowest BCUT2D eigenvalue weighted by molar-refractivity contribution is -0.383. The van der Waals surface area contributed by atoms with Crippen molar-refractivity contribution < 1.29 is 4.92 Å². The first kappa shape index (κ1) is 15.2. The fourth-order valence-electron chi connectivity index (χ4n) is 2.42. The van der Waals surface area contributed by atoms with Gasteiger partial charge < -0.3 is 10.6 Å². The number of nitrogens with two attached hydrogens (primary N) is 1. The van der Waals surface area contributed by atoms with Crippen LogP contribution in [0.1, 0.15) is 13.8 Å². The molecule has 0 fully saturated rings. The number of nitro benzene ring substituents is 1. The van der Waals surface area contributed by atoms with Crippen molar-refractivity contribution in [3.63, 3.8) is 0 Å². The van der Waals surface area contributed by atoms with E-state index in [1.807, 2.05) is 19.2 Å². The molecule has 0 aliphatic heterocycles. The smallest absolute Gasteiger partial charge is 0.295 e. The molecular weight excluding hydrogens is 268 g/mol. The normalized spacial score (nSPS) is 11.6. The van der Waals surface area contributed by atoms with Crippen LogP contribution in [0.4, 0.5) is 11.4 Å². The van der Waals surface area contributed by atoms with E-state index in [0.717, 1.165) is 17.6 Å². The van der Waals surface area contributed by atoms with Crippen molar-refractivity contribution in [2.75, 3.05) is 25.0 Å². The van der Waals surface area contributed by atoms with Gasteiger partial charge in [0.05, 0.1) is 4.92 Å². The van der Waals surface area contributed by atoms with Crippen LogP contribution in [0.5, 0.6) is 0 Å². The van der Waals surface area contributed by atoms with Crippen molar-refractivity contribution in [1.82, 2.24) is 4.98 Å². The molecule has 0 amide bonds. The number of nitro groups is 1. The van der Waals surface area contributed by atoms with Gasteiger partial charge in [-0.05, 0) is 18.0 Å². The highest BCUT2D eigenvalue weighted by atomic mass is 16.6. The van der Waals surface area contributed by atoms with E-state index < -0.39 is 4.92 Å². The highest BCUT2D eigenvalue weighted by Crippen LogP contribution is 2.31. The molecule has 0 bridgehead atoms. The largest absolute Gasteiger partial charge is 0.373 e. The molecule has 6 heteroatoms. The molecule has 1 aromatic carbocycles. The number of hydrogen-bond donors (Lipinski definition) is 1. The number of aromatic nitrogens is 1. The van der Waals surface area contributed by atoms with E-state index in [9.17, 15) is 10.1 Å². The molecule has 21 heavy (non-hydrogen) atoms. The van der Waals surface area contributed by atoms with Crippen molar-refractivity contribution in [2.45, 2.75) is 13.8 Å². The number of para-hydroxylation sites is 1. The SMILES string of the molecule is CN(CC(C)(C)CN)c1ccnc2c([N+](=O)[O-])cccc12. The summed E-state index contributed by atoms with van der Waals surface area (Å²) in [6.07, 6.45) is 1.61. The van der Waals surface area contributed by atoms with Gasteiger partial charge in [0, 0.05) is 36.9 Å². The summed E-state index contributed by atoms with van der Waals surface area (Å²) < 4.78 is 0. The number of nitrogens with zero attached hydrogens (tertiary/aromatic N) is 3. The Labute approximate surface area is 123 Å². The van der Waals surface area contributed by atoms with Gasteiger partial charge in [-0.25, -0.2) is 4.98 Å². The van der Waals surface area contributed by atoms with Crippen molar-refractivity contribution in [3.8, 4) is 0 Å². The molecule has 0 radical (unpaired) electrons. The Kier molecular flexibility index (Phi) is 4.09. The predicted molar refractivity (Wildman–Crippen MR) is 84.5 cm³/mol. The second-order valence-corrected chi connectivity index (χ2v) is 5.98. The fraction of sp³-hybridized carbons (Fsp3) is 0.400. The second kappa shape index (κ2) is 5.65. The maximum absolute atomic E-state index is 11.1. The molecule has 0 spiro atoms. The monoisotopic (exact) mass is 288 g/mol. The molecule has 0 aliphatic carbocycles. The molecule has 0 atom stereocenters. The number of fused-ring (bicyclic) bond motifs is 1. The maximum atomic E-state index is 11.1. The Morgan fingerprint density at radius 1 is 1.38 bits per heavy atom. The molecular formula is C15H20N4O2. The van der Waals surface area contributed by atoms with Crippen molar-refractivity contribution in [3.05, 3.63) is 40.6 Å². The Hall–Kier alpha value is -2.21. The second-order valence-electron chi connectivity index (χ2n) is 5.98. The number of pyridine rings is 1. The van der Waals surface area contributed by atoms with Crippen LogP contribution in [0.2, 0.25) is 0 Å². The number of non-ortho nitro benzene ring substituents is 1. The van der Waals surface area contributed by atoms with Crippen LogP contribution < -0.4 is 10.6 Å². The van der Waals surface area contributed by atoms with Crippen LogP contribution in [0.15, 0.2) is 30.5 Å². The number of anilines is 1. The summed E-state index contributed by atoms with van der Waals surface area (Å²) in [7, 11) is 1.96. The van der Waals surface area contributed by atoms with Crippen LogP contribution >= 0.6 is 0 Å². The van der Waals surface area contributed by atoms with E-state index in [2.05, 4.69) is 23.7 Å². The van der Waals surface area contributed by atoms with E-state index in [-0.39, 0.29) is 11.1 Å². The lowest BCUT2D eigenvalue weighted by Gasteiger charge is -2.31. The molecule has 0 saturated heterocycles. The third kappa shape index (κ3) is 3.11. The maximum Gasteiger partial charge on any atom is 0.295 e. The molecule has 2 aromatic rings. The van der Waals surface area contributed by atoms with Gasteiger partial charge in [-0.15, -0.1) is 0 Å². The lowest BCUT2D eigenvalue weighted by atomic mass is 9.93. The molecule has 1 heterocycles. The summed E-state index contributed by atoms with van der Waals surface area (Å²) >= 11 is 0. The van der Waals surface area contributed by atoms with Gasteiger partial charge in [-0.1, -0.05) is 26.0 Å². The van der Waals surface area contributed by atoms with E-state index >= 15 is 0 Å². The topological polar surface area (TPSA) is 85.3 Å². The molecule has 0 unspecified atom stereocenters. The molecule has 112 valence electrons. The molecule has 2 rings (SSSR count). The Bertz CT molecular complexity index is 670. The van der Waals surface area contributed by atoms with E-state index in [0.29, 0.717) is 12.1 Å². The number of hydrogen-bond acceptors (Lipinski definition) is 5. The van der Waals surface area contributed by atoms with Crippen LogP contribution in [0.3, 0.4) is 0 Å². The van der Waals surface area contributed by atoms with E-state index in [1.54, 1.807) is 12.3 Å². The average Bonchev–Trinajstić information content (AvgIpc) is 2.45. The van der Waals surface area contributed by atoms with Crippen LogP contribution in [0, 0.1) is 15.5 Å². The van der Waals surface area contributed by atoms with E-state index in [1.165, 1.54) is 6.07 Å². The zero-order valence-electron chi connectivity index (χ0n) is 12.5. The number of benzene rings is 1. The summed E-state index contributed by atoms with van der Waals surface area (Å²) in [6.45, 7) is 5.51.